The van der Waals surface area contributed by atoms with E-state index in [0.29, 0.717) is 17.1 Å². The monoisotopic (exact) mass is 261 g/mol. The van der Waals surface area contributed by atoms with E-state index in [2.05, 4.69) is 0 Å². The first kappa shape index (κ1) is 12.9. The van der Waals surface area contributed by atoms with Gasteiger partial charge < -0.3 is 15.6 Å². The van der Waals surface area contributed by atoms with Crippen molar-refractivity contribution in [2.45, 2.75) is 6.92 Å². The van der Waals surface area contributed by atoms with Crippen molar-refractivity contribution in [3.8, 4) is 11.5 Å². The third-order valence-electron chi connectivity index (χ3n) is 2.62. The molecule has 0 unspecified atom stereocenters. The van der Waals surface area contributed by atoms with Crippen molar-refractivity contribution in [3.05, 3.63) is 53.3 Å². The minimum absolute atomic E-state index is 0.0303. The van der Waals surface area contributed by atoms with Crippen LogP contribution in [0, 0.1) is 12.7 Å². The summed E-state index contributed by atoms with van der Waals surface area (Å²) in [5.41, 5.74) is 6.30. The van der Waals surface area contributed by atoms with Crippen LogP contribution in [0.2, 0.25) is 0 Å². The maximum atomic E-state index is 13.0. The fourth-order valence-corrected chi connectivity index (χ4v) is 1.64. The van der Waals surface area contributed by atoms with Crippen LogP contribution in [0.4, 0.5) is 10.1 Å². The molecule has 5 heteroatoms. The number of carboxylic acids is 1. The molecular formula is C14H12FNO3. The number of benzene rings is 2. The van der Waals surface area contributed by atoms with Gasteiger partial charge >= 0.3 is 5.97 Å². The van der Waals surface area contributed by atoms with Gasteiger partial charge in [0.25, 0.3) is 0 Å². The molecule has 0 heterocycles. The normalized spacial score (nSPS) is 10.2. The summed E-state index contributed by atoms with van der Waals surface area (Å²) in [6.45, 7) is 1.70. The summed E-state index contributed by atoms with van der Waals surface area (Å²) in [6.07, 6.45) is 0. The van der Waals surface area contributed by atoms with Crippen LogP contribution in [0.15, 0.2) is 36.4 Å². The number of anilines is 1. The number of hydrogen-bond acceptors (Lipinski definition) is 3. The van der Waals surface area contributed by atoms with Crippen molar-refractivity contribution in [1.82, 2.24) is 0 Å². The number of ether oxygens (including phenoxy) is 1. The predicted octanol–water partition coefficient (Wildman–Crippen LogP) is 3.21. The second-order valence-electron chi connectivity index (χ2n) is 4.07. The smallest absolute Gasteiger partial charge is 0.337 e. The standard InChI is InChI=1S/C14H12FNO3/c1-8-6-9(15)2-5-13(8)19-10-3-4-12(16)11(7-10)14(17)18/h2-7H,16H2,1H3,(H,17,18). The fraction of sp³-hybridized carbons (Fsp3) is 0.0714. The minimum Gasteiger partial charge on any atom is -0.478 e. The third-order valence-corrected chi connectivity index (χ3v) is 2.62. The summed E-state index contributed by atoms with van der Waals surface area (Å²) < 4.78 is 18.5. The highest BCUT2D eigenvalue weighted by atomic mass is 19.1. The predicted molar refractivity (Wildman–Crippen MR) is 69.0 cm³/mol. The Labute approximate surface area is 109 Å². The minimum atomic E-state index is -1.13. The van der Waals surface area contributed by atoms with Gasteiger partial charge in [-0.15, -0.1) is 0 Å². The second-order valence-corrected chi connectivity index (χ2v) is 4.07. The molecule has 0 radical (unpaired) electrons. The summed E-state index contributed by atoms with van der Waals surface area (Å²) in [4.78, 5) is 11.0. The van der Waals surface area contributed by atoms with Crippen LogP contribution in [-0.4, -0.2) is 11.1 Å². The van der Waals surface area contributed by atoms with E-state index >= 15 is 0 Å². The zero-order chi connectivity index (χ0) is 14.0. The van der Waals surface area contributed by atoms with E-state index in [-0.39, 0.29) is 17.1 Å². The molecule has 0 spiro atoms. The van der Waals surface area contributed by atoms with Gasteiger partial charge in [0, 0.05) is 5.69 Å². The number of aromatic carboxylic acids is 1. The Morgan fingerprint density at radius 2 is 2.00 bits per heavy atom. The van der Waals surface area contributed by atoms with E-state index in [1.807, 2.05) is 0 Å². The summed E-state index contributed by atoms with van der Waals surface area (Å²) >= 11 is 0. The zero-order valence-corrected chi connectivity index (χ0v) is 10.2. The highest BCUT2D eigenvalue weighted by molar-refractivity contribution is 5.94. The quantitative estimate of drug-likeness (QED) is 0.832. The van der Waals surface area contributed by atoms with Crippen molar-refractivity contribution >= 4 is 11.7 Å². The first-order chi connectivity index (χ1) is 8.97. The Balaban J connectivity index is 2.33. The van der Waals surface area contributed by atoms with E-state index in [1.54, 1.807) is 13.0 Å². The maximum absolute atomic E-state index is 13.0. The number of carbonyl (C=O) groups is 1. The van der Waals surface area contributed by atoms with E-state index in [0.717, 1.165) is 0 Å². The zero-order valence-electron chi connectivity index (χ0n) is 10.2. The van der Waals surface area contributed by atoms with Gasteiger partial charge in [0.05, 0.1) is 5.56 Å². The SMILES string of the molecule is Cc1cc(F)ccc1Oc1ccc(N)c(C(=O)O)c1. The molecule has 98 valence electrons. The molecule has 0 saturated carbocycles. The van der Waals surface area contributed by atoms with E-state index in [4.69, 9.17) is 15.6 Å². The van der Waals surface area contributed by atoms with Crippen molar-refractivity contribution < 1.29 is 19.0 Å². The molecule has 3 N–H and O–H groups in total. The number of hydrogen-bond donors (Lipinski definition) is 2. The summed E-state index contributed by atoms with van der Waals surface area (Å²) in [7, 11) is 0. The Bertz CT molecular complexity index is 641. The van der Waals surface area contributed by atoms with Crippen LogP contribution in [0.5, 0.6) is 11.5 Å². The molecule has 0 amide bonds. The van der Waals surface area contributed by atoms with Gasteiger partial charge in [-0.2, -0.15) is 0 Å². The lowest BCUT2D eigenvalue weighted by atomic mass is 10.1. The molecule has 19 heavy (non-hydrogen) atoms. The molecular weight excluding hydrogens is 249 g/mol. The molecule has 0 saturated heterocycles. The van der Waals surface area contributed by atoms with Crippen molar-refractivity contribution in [2.24, 2.45) is 0 Å². The van der Waals surface area contributed by atoms with Gasteiger partial charge in [0.1, 0.15) is 17.3 Å². The molecule has 0 aromatic heterocycles. The molecule has 2 rings (SSSR count). The molecule has 0 aliphatic rings. The van der Waals surface area contributed by atoms with Gasteiger partial charge in [-0.05, 0) is 48.9 Å². The largest absolute Gasteiger partial charge is 0.478 e. The van der Waals surface area contributed by atoms with Crippen molar-refractivity contribution in [2.75, 3.05) is 5.73 Å². The molecule has 2 aromatic rings. The molecule has 0 atom stereocenters. The average Bonchev–Trinajstić information content (AvgIpc) is 2.34. The van der Waals surface area contributed by atoms with Crippen LogP contribution in [0.25, 0.3) is 0 Å². The summed E-state index contributed by atoms with van der Waals surface area (Å²) in [6, 6.07) is 8.45. The van der Waals surface area contributed by atoms with E-state index in [9.17, 15) is 9.18 Å². The summed E-state index contributed by atoms with van der Waals surface area (Å²) in [5.74, 6) is -0.684. The van der Waals surface area contributed by atoms with Crippen molar-refractivity contribution in [3.63, 3.8) is 0 Å². The number of aryl methyl sites for hydroxylation is 1. The van der Waals surface area contributed by atoms with Crippen LogP contribution in [-0.2, 0) is 0 Å². The maximum Gasteiger partial charge on any atom is 0.337 e. The number of halogens is 1. The van der Waals surface area contributed by atoms with Crippen LogP contribution >= 0.6 is 0 Å². The lowest BCUT2D eigenvalue weighted by molar-refractivity contribution is 0.0697. The first-order valence-corrected chi connectivity index (χ1v) is 5.54. The van der Waals surface area contributed by atoms with Gasteiger partial charge in [0.2, 0.25) is 0 Å². The summed E-state index contributed by atoms with van der Waals surface area (Å²) in [5, 5.41) is 8.96. The second kappa shape index (κ2) is 4.97. The van der Waals surface area contributed by atoms with Crippen LogP contribution in [0.3, 0.4) is 0 Å². The van der Waals surface area contributed by atoms with Gasteiger partial charge in [0.15, 0.2) is 0 Å². The number of nitrogens with two attached hydrogens (primary N) is 1. The lowest BCUT2D eigenvalue weighted by Gasteiger charge is -2.10. The number of carboxylic acid groups (broad SMARTS) is 1. The Morgan fingerprint density at radius 3 is 2.63 bits per heavy atom. The number of nitrogen functional groups attached to an aromatic ring is 1. The molecule has 0 bridgehead atoms. The fourth-order valence-electron chi connectivity index (χ4n) is 1.64. The third kappa shape index (κ3) is 2.82. The Kier molecular flexibility index (Phi) is 3.37. The molecule has 4 nitrogen and oxygen atoms in total. The van der Waals surface area contributed by atoms with Crippen LogP contribution < -0.4 is 10.5 Å². The van der Waals surface area contributed by atoms with Gasteiger partial charge in [-0.1, -0.05) is 0 Å². The highest BCUT2D eigenvalue weighted by Crippen LogP contribution is 2.27. The topological polar surface area (TPSA) is 72.5 Å². The molecule has 0 aliphatic heterocycles. The number of rotatable bonds is 3. The first-order valence-electron chi connectivity index (χ1n) is 5.54. The Morgan fingerprint density at radius 1 is 1.26 bits per heavy atom. The molecule has 0 aliphatic carbocycles. The van der Waals surface area contributed by atoms with Gasteiger partial charge in [-0.25, -0.2) is 9.18 Å². The average molecular weight is 261 g/mol. The Hall–Kier alpha value is -2.56. The molecule has 2 aromatic carbocycles. The van der Waals surface area contributed by atoms with E-state index < -0.39 is 5.97 Å². The molecule has 0 fully saturated rings. The van der Waals surface area contributed by atoms with E-state index in [1.165, 1.54) is 30.3 Å². The lowest BCUT2D eigenvalue weighted by Crippen LogP contribution is -2.02. The van der Waals surface area contributed by atoms with Crippen LogP contribution in [0.1, 0.15) is 15.9 Å². The van der Waals surface area contributed by atoms with Crippen molar-refractivity contribution in [1.29, 1.82) is 0 Å². The van der Waals surface area contributed by atoms with Gasteiger partial charge in [-0.3, -0.25) is 0 Å². The highest BCUT2D eigenvalue weighted by Gasteiger charge is 2.10.